The van der Waals surface area contributed by atoms with E-state index in [2.05, 4.69) is 10.5 Å². The van der Waals surface area contributed by atoms with Crippen LogP contribution in [-0.4, -0.2) is 33.5 Å². The first-order valence-corrected chi connectivity index (χ1v) is 7.83. The highest BCUT2D eigenvalue weighted by Gasteiger charge is 2.16. The second-order valence-electron chi connectivity index (χ2n) is 4.82. The Morgan fingerprint density at radius 3 is 2.00 bits per heavy atom. The van der Waals surface area contributed by atoms with E-state index in [0.717, 1.165) is 0 Å². The van der Waals surface area contributed by atoms with Crippen LogP contribution in [0.1, 0.15) is 15.9 Å². The van der Waals surface area contributed by atoms with Gasteiger partial charge in [0.2, 0.25) is 5.75 Å². The molecule has 2 aromatic carbocycles. The molecule has 0 atom stereocenters. The highest BCUT2D eigenvalue weighted by Crippen LogP contribution is 2.38. The summed E-state index contributed by atoms with van der Waals surface area (Å²) in [6.07, 6.45) is 1.44. The van der Waals surface area contributed by atoms with Crippen LogP contribution in [0, 0.1) is 0 Å². The van der Waals surface area contributed by atoms with Gasteiger partial charge in [-0.15, -0.1) is 0 Å². The number of carbonyl (C=O) groups is 1. The summed E-state index contributed by atoms with van der Waals surface area (Å²) in [6, 6.07) is 8.00. The number of hydrogen-bond donors (Lipinski definition) is 1. The Bertz CT molecular complexity index is 764. The molecule has 132 valence electrons. The Morgan fingerprint density at radius 1 is 0.960 bits per heavy atom. The molecule has 0 spiro atoms. The third-order valence-corrected chi connectivity index (χ3v) is 3.63. The zero-order valence-corrected chi connectivity index (χ0v) is 15.3. The average Bonchev–Trinajstić information content (AvgIpc) is 2.59. The number of carbonyl (C=O) groups excluding carboxylic acids is 1. The van der Waals surface area contributed by atoms with E-state index >= 15 is 0 Å². The van der Waals surface area contributed by atoms with Crippen molar-refractivity contribution in [1.82, 2.24) is 5.43 Å². The highest BCUT2D eigenvalue weighted by molar-refractivity contribution is 6.35. The molecular weight excluding hydrogens is 367 g/mol. The van der Waals surface area contributed by atoms with E-state index in [1.807, 2.05) is 0 Å². The minimum absolute atomic E-state index is 0.302. The number of hydrazone groups is 1. The molecule has 2 aromatic rings. The molecule has 0 fully saturated rings. The van der Waals surface area contributed by atoms with E-state index in [4.69, 9.17) is 37.4 Å². The quantitative estimate of drug-likeness (QED) is 0.609. The molecule has 0 aromatic heterocycles. The van der Waals surface area contributed by atoms with Crippen LogP contribution in [0.4, 0.5) is 0 Å². The van der Waals surface area contributed by atoms with Crippen LogP contribution in [-0.2, 0) is 0 Å². The van der Waals surface area contributed by atoms with Gasteiger partial charge in [0, 0.05) is 15.6 Å². The maximum atomic E-state index is 12.3. The second kappa shape index (κ2) is 8.60. The zero-order chi connectivity index (χ0) is 18.4. The summed E-state index contributed by atoms with van der Waals surface area (Å²) < 4.78 is 15.7. The number of benzene rings is 2. The van der Waals surface area contributed by atoms with Gasteiger partial charge < -0.3 is 14.2 Å². The zero-order valence-electron chi connectivity index (χ0n) is 13.8. The molecule has 0 aliphatic rings. The lowest BCUT2D eigenvalue weighted by Crippen LogP contribution is -2.18. The Morgan fingerprint density at radius 2 is 1.52 bits per heavy atom. The molecule has 0 bridgehead atoms. The van der Waals surface area contributed by atoms with Crippen LogP contribution in [0.15, 0.2) is 35.4 Å². The molecule has 1 amide bonds. The number of methoxy groups -OCH3 is 3. The number of nitrogens with zero attached hydrogens (tertiary/aromatic N) is 1. The maximum absolute atomic E-state index is 12.3. The van der Waals surface area contributed by atoms with Gasteiger partial charge in [-0.1, -0.05) is 23.2 Å². The number of ether oxygens (including phenoxy) is 3. The van der Waals surface area contributed by atoms with Gasteiger partial charge in [0.25, 0.3) is 5.91 Å². The topological polar surface area (TPSA) is 69.2 Å². The molecule has 0 aliphatic heterocycles. The molecule has 0 aliphatic carbocycles. The van der Waals surface area contributed by atoms with Crippen molar-refractivity contribution in [3.8, 4) is 17.2 Å². The number of rotatable bonds is 6. The van der Waals surface area contributed by atoms with E-state index in [0.29, 0.717) is 38.4 Å². The van der Waals surface area contributed by atoms with E-state index in [-0.39, 0.29) is 0 Å². The van der Waals surface area contributed by atoms with Crippen molar-refractivity contribution in [2.24, 2.45) is 5.10 Å². The SMILES string of the molecule is COc1cc(C(=O)NN=Cc2cc(Cl)cc(Cl)c2)cc(OC)c1OC. The first kappa shape index (κ1) is 18.9. The third kappa shape index (κ3) is 4.78. The lowest BCUT2D eigenvalue weighted by molar-refractivity contribution is 0.0954. The summed E-state index contributed by atoms with van der Waals surface area (Å²) in [7, 11) is 4.43. The van der Waals surface area contributed by atoms with Crippen LogP contribution in [0.2, 0.25) is 10.0 Å². The van der Waals surface area contributed by atoms with Crippen molar-refractivity contribution in [3.05, 3.63) is 51.5 Å². The minimum atomic E-state index is -0.441. The summed E-state index contributed by atoms with van der Waals surface area (Å²) in [5.74, 6) is 0.706. The van der Waals surface area contributed by atoms with E-state index in [1.165, 1.54) is 39.7 Å². The Balaban J connectivity index is 2.19. The number of amides is 1. The van der Waals surface area contributed by atoms with E-state index < -0.39 is 5.91 Å². The van der Waals surface area contributed by atoms with E-state index in [1.54, 1.807) is 18.2 Å². The number of hydrogen-bond acceptors (Lipinski definition) is 5. The normalized spacial score (nSPS) is 10.6. The van der Waals surface area contributed by atoms with Crippen molar-refractivity contribution in [3.63, 3.8) is 0 Å². The van der Waals surface area contributed by atoms with Crippen molar-refractivity contribution >= 4 is 35.3 Å². The van der Waals surface area contributed by atoms with Crippen LogP contribution >= 0.6 is 23.2 Å². The van der Waals surface area contributed by atoms with Crippen molar-refractivity contribution < 1.29 is 19.0 Å². The molecule has 0 heterocycles. The van der Waals surface area contributed by atoms with Crippen LogP contribution in [0.25, 0.3) is 0 Å². The monoisotopic (exact) mass is 382 g/mol. The molecule has 1 N–H and O–H groups in total. The Labute approximate surface area is 155 Å². The van der Waals surface area contributed by atoms with Gasteiger partial charge >= 0.3 is 0 Å². The fourth-order valence-corrected chi connectivity index (χ4v) is 2.63. The molecule has 0 saturated heterocycles. The first-order chi connectivity index (χ1) is 12.0. The lowest BCUT2D eigenvalue weighted by atomic mass is 10.1. The Kier molecular flexibility index (Phi) is 6.50. The van der Waals surface area contributed by atoms with Crippen molar-refractivity contribution in [2.45, 2.75) is 0 Å². The van der Waals surface area contributed by atoms with Crippen LogP contribution in [0.5, 0.6) is 17.2 Å². The number of nitrogens with one attached hydrogen (secondary N) is 1. The molecule has 0 radical (unpaired) electrons. The molecule has 0 unspecified atom stereocenters. The van der Waals surface area contributed by atoms with Gasteiger partial charge in [-0.2, -0.15) is 5.10 Å². The fraction of sp³-hybridized carbons (Fsp3) is 0.176. The predicted octanol–water partition coefficient (Wildman–Crippen LogP) is 3.78. The lowest BCUT2D eigenvalue weighted by Gasteiger charge is -2.13. The third-order valence-electron chi connectivity index (χ3n) is 3.19. The smallest absolute Gasteiger partial charge is 0.271 e. The molecule has 0 saturated carbocycles. The predicted molar refractivity (Wildman–Crippen MR) is 97.6 cm³/mol. The molecule has 25 heavy (non-hydrogen) atoms. The van der Waals surface area contributed by atoms with Gasteiger partial charge in [-0.25, -0.2) is 5.43 Å². The standard InChI is InChI=1S/C17H16Cl2N2O4/c1-23-14-6-11(7-15(24-2)16(14)25-3)17(22)21-20-9-10-4-12(18)8-13(19)5-10/h4-9H,1-3H3,(H,21,22). The summed E-state index contributed by atoms with van der Waals surface area (Å²) >= 11 is 11.8. The summed E-state index contributed by atoms with van der Waals surface area (Å²) in [6.45, 7) is 0. The molecular formula is C17H16Cl2N2O4. The molecule has 2 rings (SSSR count). The molecule has 6 nitrogen and oxygen atoms in total. The van der Waals surface area contributed by atoms with Crippen molar-refractivity contribution in [2.75, 3.05) is 21.3 Å². The Hall–Kier alpha value is -2.44. The summed E-state index contributed by atoms with van der Waals surface area (Å²) in [5.41, 5.74) is 3.38. The van der Waals surface area contributed by atoms with Gasteiger partial charge in [0.05, 0.1) is 27.5 Å². The minimum Gasteiger partial charge on any atom is -0.493 e. The van der Waals surface area contributed by atoms with Gasteiger partial charge in [0.1, 0.15) is 0 Å². The maximum Gasteiger partial charge on any atom is 0.271 e. The average molecular weight is 383 g/mol. The highest BCUT2D eigenvalue weighted by atomic mass is 35.5. The van der Waals surface area contributed by atoms with Gasteiger partial charge in [-0.05, 0) is 35.9 Å². The first-order valence-electron chi connectivity index (χ1n) is 7.08. The second-order valence-corrected chi connectivity index (χ2v) is 5.69. The van der Waals surface area contributed by atoms with Crippen LogP contribution in [0.3, 0.4) is 0 Å². The largest absolute Gasteiger partial charge is 0.493 e. The fourth-order valence-electron chi connectivity index (χ4n) is 2.09. The van der Waals surface area contributed by atoms with Crippen LogP contribution < -0.4 is 19.6 Å². The van der Waals surface area contributed by atoms with Gasteiger partial charge in [0.15, 0.2) is 11.5 Å². The number of halogens is 2. The van der Waals surface area contributed by atoms with Gasteiger partial charge in [-0.3, -0.25) is 4.79 Å². The van der Waals surface area contributed by atoms with Crippen molar-refractivity contribution in [1.29, 1.82) is 0 Å². The summed E-state index contributed by atoms with van der Waals surface area (Å²) in [4.78, 5) is 12.3. The summed E-state index contributed by atoms with van der Waals surface area (Å²) in [5, 5.41) is 4.85. The van der Waals surface area contributed by atoms with E-state index in [9.17, 15) is 4.79 Å². The molecule has 8 heteroatoms.